The highest BCUT2D eigenvalue weighted by molar-refractivity contribution is 14.1. The lowest BCUT2D eigenvalue weighted by molar-refractivity contribution is -0.00468. The number of aromatic amines is 1. The molecular formula is C25H29IN6O4. The van der Waals surface area contributed by atoms with Gasteiger partial charge in [0.15, 0.2) is 0 Å². The molecule has 0 bridgehead atoms. The summed E-state index contributed by atoms with van der Waals surface area (Å²) in [5, 5.41) is 4.85. The lowest BCUT2D eigenvalue weighted by Crippen LogP contribution is -2.41. The maximum atomic E-state index is 14.1. The average molecular weight is 604 g/mol. The fourth-order valence-corrected chi connectivity index (χ4v) is 4.85. The number of rotatable bonds is 7. The van der Waals surface area contributed by atoms with Crippen LogP contribution in [0.5, 0.6) is 5.88 Å². The van der Waals surface area contributed by atoms with Gasteiger partial charge in [0.25, 0.3) is 5.91 Å². The quantitative estimate of drug-likeness (QED) is 0.242. The van der Waals surface area contributed by atoms with Gasteiger partial charge >= 0.3 is 0 Å². The molecule has 0 fully saturated rings. The Morgan fingerprint density at radius 3 is 2.92 bits per heavy atom. The van der Waals surface area contributed by atoms with E-state index in [0.717, 1.165) is 16.9 Å². The van der Waals surface area contributed by atoms with E-state index in [4.69, 9.17) is 19.0 Å². The third-order valence-corrected chi connectivity index (χ3v) is 7.07. The minimum absolute atomic E-state index is 0.0418. The standard InChI is InChI=1S/C25H29IN6O4/c1-6-35-18-9-7-8-15-12-17(30-32(15)18)21-20-16(27-13-28-20)10-11-31(21)23(33)22-19(14(2)26)29-24(36-22)25(3,4)34-5/h7-9,12-14,21H,6,10-11H2,1-5H3,(H,27,28)/t14?,21-/m0/s1. The van der Waals surface area contributed by atoms with Gasteiger partial charge in [-0.15, -0.1) is 0 Å². The summed E-state index contributed by atoms with van der Waals surface area (Å²) in [6.45, 7) is 8.64. The van der Waals surface area contributed by atoms with E-state index in [9.17, 15) is 4.79 Å². The first kappa shape index (κ1) is 24.8. The zero-order valence-electron chi connectivity index (χ0n) is 20.9. The summed E-state index contributed by atoms with van der Waals surface area (Å²) in [5.41, 5.74) is 3.17. The number of pyridine rings is 1. The topological polar surface area (TPSA) is 111 Å². The number of methoxy groups -OCH3 is 1. The number of carbonyl (C=O) groups is 1. The molecule has 190 valence electrons. The number of alkyl halides is 1. The molecule has 4 aromatic rings. The highest BCUT2D eigenvalue weighted by Gasteiger charge is 2.40. The number of hydrogen-bond acceptors (Lipinski definition) is 7. The van der Waals surface area contributed by atoms with Crippen LogP contribution in [0.2, 0.25) is 0 Å². The molecule has 0 saturated carbocycles. The molecule has 1 aliphatic rings. The minimum atomic E-state index is -0.771. The van der Waals surface area contributed by atoms with Gasteiger partial charge in [-0.2, -0.15) is 5.10 Å². The molecule has 2 atom stereocenters. The lowest BCUT2D eigenvalue weighted by atomic mass is 9.99. The highest BCUT2D eigenvalue weighted by atomic mass is 127. The molecule has 36 heavy (non-hydrogen) atoms. The summed E-state index contributed by atoms with van der Waals surface area (Å²) in [6, 6.07) is 7.24. The normalized spacial score (nSPS) is 16.8. The molecule has 0 saturated heterocycles. The summed E-state index contributed by atoms with van der Waals surface area (Å²) in [6.07, 6.45) is 2.31. The van der Waals surface area contributed by atoms with E-state index in [0.29, 0.717) is 42.7 Å². The molecule has 0 aliphatic carbocycles. The van der Waals surface area contributed by atoms with E-state index in [1.807, 2.05) is 52.0 Å². The van der Waals surface area contributed by atoms with E-state index in [-0.39, 0.29) is 15.6 Å². The Morgan fingerprint density at radius 2 is 2.19 bits per heavy atom. The number of hydrogen-bond donors (Lipinski definition) is 1. The third kappa shape index (κ3) is 4.17. The van der Waals surface area contributed by atoms with E-state index in [1.165, 1.54) is 0 Å². The van der Waals surface area contributed by atoms with Gasteiger partial charge in [-0.3, -0.25) is 4.79 Å². The van der Waals surface area contributed by atoms with Crippen LogP contribution in [-0.2, 0) is 16.8 Å². The van der Waals surface area contributed by atoms with Crippen LogP contribution in [0.15, 0.2) is 35.0 Å². The minimum Gasteiger partial charge on any atom is -0.478 e. The number of oxazole rings is 1. The predicted octanol–water partition coefficient (Wildman–Crippen LogP) is 4.61. The summed E-state index contributed by atoms with van der Waals surface area (Å²) < 4.78 is 19.2. The summed E-state index contributed by atoms with van der Waals surface area (Å²) in [5.74, 6) is 0.981. The van der Waals surface area contributed by atoms with Crippen molar-refractivity contribution in [2.45, 2.75) is 49.7 Å². The zero-order valence-corrected chi connectivity index (χ0v) is 23.1. The maximum Gasteiger partial charge on any atom is 0.292 e. The molecule has 10 nitrogen and oxygen atoms in total. The van der Waals surface area contributed by atoms with Crippen LogP contribution in [0.1, 0.15) is 76.9 Å². The van der Waals surface area contributed by atoms with Crippen molar-refractivity contribution in [1.82, 2.24) is 29.5 Å². The van der Waals surface area contributed by atoms with Crippen LogP contribution >= 0.6 is 22.6 Å². The number of halogens is 1. The first-order chi connectivity index (χ1) is 17.2. The van der Waals surface area contributed by atoms with Crippen molar-refractivity contribution in [3.63, 3.8) is 0 Å². The van der Waals surface area contributed by atoms with Gasteiger partial charge in [-0.25, -0.2) is 14.5 Å². The molecular weight excluding hydrogens is 575 g/mol. The average Bonchev–Trinajstić information content (AvgIpc) is 3.61. The fraction of sp³-hybridized carbons (Fsp3) is 0.440. The Morgan fingerprint density at radius 1 is 1.39 bits per heavy atom. The third-order valence-electron chi connectivity index (χ3n) is 6.48. The van der Waals surface area contributed by atoms with Gasteiger partial charge in [-0.1, -0.05) is 28.7 Å². The van der Waals surface area contributed by atoms with Crippen molar-refractivity contribution in [2.24, 2.45) is 0 Å². The van der Waals surface area contributed by atoms with Gasteiger partial charge < -0.3 is 23.8 Å². The monoisotopic (exact) mass is 604 g/mol. The van der Waals surface area contributed by atoms with Crippen molar-refractivity contribution >= 4 is 34.0 Å². The fourth-order valence-electron chi connectivity index (χ4n) is 4.43. The highest BCUT2D eigenvalue weighted by Crippen LogP contribution is 2.37. The summed E-state index contributed by atoms with van der Waals surface area (Å²) in [4.78, 5) is 28.4. The second-order valence-electron chi connectivity index (χ2n) is 9.18. The van der Waals surface area contributed by atoms with Crippen molar-refractivity contribution in [3.05, 3.63) is 65.0 Å². The molecule has 0 radical (unpaired) electrons. The van der Waals surface area contributed by atoms with Gasteiger partial charge in [0.2, 0.25) is 17.5 Å². The largest absolute Gasteiger partial charge is 0.478 e. The summed E-state index contributed by atoms with van der Waals surface area (Å²) in [7, 11) is 1.60. The number of H-pyrrole nitrogens is 1. The molecule has 5 rings (SSSR count). The van der Waals surface area contributed by atoms with E-state index < -0.39 is 11.6 Å². The molecule has 1 aliphatic heterocycles. The lowest BCUT2D eigenvalue weighted by Gasteiger charge is -2.33. The van der Waals surface area contributed by atoms with Gasteiger partial charge in [0, 0.05) is 31.8 Å². The SMILES string of the molecule is CCOc1cccc2cc([C@H]3c4nc[nH]c4CCN3C(=O)c3oc(C(C)(C)OC)nc3C(C)I)nn12. The van der Waals surface area contributed by atoms with Crippen molar-refractivity contribution < 1.29 is 18.7 Å². The predicted molar refractivity (Wildman–Crippen MR) is 141 cm³/mol. The molecule has 5 heterocycles. The number of amides is 1. The second-order valence-corrected chi connectivity index (χ2v) is 11.1. The first-order valence-corrected chi connectivity index (χ1v) is 13.1. The first-order valence-electron chi connectivity index (χ1n) is 11.9. The number of ether oxygens (including phenoxy) is 2. The van der Waals surface area contributed by atoms with Crippen LogP contribution in [0, 0.1) is 0 Å². The molecule has 1 unspecified atom stereocenters. The maximum absolute atomic E-state index is 14.1. The number of fused-ring (bicyclic) bond motifs is 2. The Kier molecular flexibility index (Phi) is 6.54. The van der Waals surface area contributed by atoms with E-state index in [2.05, 4.69) is 37.5 Å². The second kappa shape index (κ2) is 9.51. The van der Waals surface area contributed by atoms with Gasteiger partial charge in [0.05, 0.1) is 33.8 Å². The molecule has 0 aromatic carbocycles. The molecule has 4 aromatic heterocycles. The number of nitrogens with one attached hydrogen (secondary N) is 1. The Balaban J connectivity index is 1.61. The molecule has 1 amide bonds. The van der Waals surface area contributed by atoms with Gasteiger partial charge in [-0.05, 0) is 39.8 Å². The van der Waals surface area contributed by atoms with Crippen molar-refractivity contribution in [1.29, 1.82) is 0 Å². The smallest absolute Gasteiger partial charge is 0.292 e. The molecule has 11 heteroatoms. The number of aromatic nitrogens is 5. The Bertz CT molecular complexity index is 1400. The number of imidazole rings is 1. The van der Waals surface area contributed by atoms with Crippen LogP contribution < -0.4 is 4.74 Å². The number of nitrogens with zero attached hydrogens (tertiary/aromatic N) is 5. The van der Waals surface area contributed by atoms with Crippen molar-refractivity contribution in [3.8, 4) is 5.88 Å². The van der Waals surface area contributed by atoms with Crippen molar-refractivity contribution in [2.75, 3.05) is 20.3 Å². The van der Waals surface area contributed by atoms with Crippen LogP contribution in [0.4, 0.5) is 0 Å². The molecule has 0 spiro atoms. The Labute approximate surface area is 222 Å². The zero-order chi connectivity index (χ0) is 25.6. The Hall–Kier alpha value is -2.93. The van der Waals surface area contributed by atoms with Crippen LogP contribution in [0.25, 0.3) is 5.52 Å². The van der Waals surface area contributed by atoms with E-state index in [1.54, 1.807) is 22.9 Å². The van der Waals surface area contributed by atoms with Gasteiger partial charge in [0.1, 0.15) is 17.3 Å². The van der Waals surface area contributed by atoms with E-state index >= 15 is 0 Å². The van der Waals surface area contributed by atoms with Crippen LogP contribution in [0.3, 0.4) is 0 Å². The van der Waals surface area contributed by atoms with Crippen LogP contribution in [-0.4, -0.2) is 55.6 Å². The summed E-state index contributed by atoms with van der Waals surface area (Å²) >= 11 is 2.25. The number of carbonyl (C=O) groups excluding carboxylic acids is 1. The molecule has 1 N–H and O–H groups in total.